The maximum atomic E-state index is 12.9. The van der Waals surface area contributed by atoms with Crippen molar-refractivity contribution in [3.8, 4) is 0 Å². The Hall–Kier alpha value is -1.85. The molecule has 0 saturated heterocycles. The summed E-state index contributed by atoms with van der Waals surface area (Å²) in [5.41, 5.74) is 4.78. The second-order valence-corrected chi connectivity index (χ2v) is 7.02. The Kier molecular flexibility index (Phi) is 4.65. The molecule has 0 fully saturated rings. The Bertz CT molecular complexity index is 949. The van der Waals surface area contributed by atoms with E-state index in [1.807, 2.05) is 49.6 Å². The molecule has 0 aliphatic carbocycles. The standard InChI is InChI=1S/C18H17BrClN3O/c1-4-14-16(23-9-10(2)7-13(19)17(23)21-14)18(24)22-15-6-5-12(20)8-11(15)3/h5-9H,4H2,1-3H3,(H,22,24). The van der Waals surface area contributed by atoms with Gasteiger partial charge in [-0.1, -0.05) is 18.5 Å². The van der Waals surface area contributed by atoms with Crippen molar-refractivity contribution in [3.05, 3.63) is 62.5 Å². The molecule has 1 aromatic carbocycles. The number of amides is 1. The number of hydrogen-bond acceptors (Lipinski definition) is 2. The van der Waals surface area contributed by atoms with Gasteiger partial charge in [-0.15, -0.1) is 0 Å². The van der Waals surface area contributed by atoms with Gasteiger partial charge in [0.2, 0.25) is 0 Å². The number of benzene rings is 1. The van der Waals surface area contributed by atoms with Gasteiger partial charge < -0.3 is 5.32 Å². The quantitative estimate of drug-likeness (QED) is 0.651. The molecule has 0 atom stereocenters. The molecule has 1 N–H and O–H groups in total. The number of pyridine rings is 1. The molecule has 0 radical (unpaired) electrons. The zero-order valence-electron chi connectivity index (χ0n) is 13.7. The van der Waals surface area contributed by atoms with E-state index in [0.717, 1.165) is 32.6 Å². The molecule has 3 aromatic rings. The molecule has 1 amide bonds. The van der Waals surface area contributed by atoms with E-state index >= 15 is 0 Å². The smallest absolute Gasteiger partial charge is 0.274 e. The van der Waals surface area contributed by atoms with Gasteiger partial charge in [-0.3, -0.25) is 9.20 Å². The lowest BCUT2D eigenvalue weighted by atomic mass is 10.2. The fourth-order valence-electron chi connectivity index (χ4n) is 2.71. The van der Waals surface area contributed by atoms with Crippen molar-refractivity contribution >= 4 is 44.8 Å². The lowest BCUT2D eigenvalue weighted by molar-refractivity contribution is 0.102. The largest absolute Gasteiger partial charge is 0.320 e. The fraction of sp³-hybridized carbons (Fsp3) is 0.222. The second-order valence-electron chi connectivity index (χ2n) is 5.73. The van der Waals surface area contributed by atoms with Crippen molar-refractivity contribution in [1.29, 1.82) is 0 Å². The number of imidazole rings is 1. The first kappa shape index (κ1) is 17.0. The van der Waals surface area contributed by atoms with Crippen LogP contribution in [0.3, 0.4) is 0 Å². The van der Waals surface area contributed by atoms with Crippen LogP contribution in [-0.2, 0) is 6.42 Å². The van der Waals surface area contributed by atoms with Crippen LogP contribution >= 0.6 is 27.5 Å². The van der Waals surface area contributed by atoms with E-state index in [2.05, 4.69) is 26.2 Å². The van der Waals surface area contributed by atoms with E-state index in [-0.39, 0.29) is 5.91 Å². The van der Waals surface area contributed by atoms with Crippen molar-refractivity contribution < 1.29 is 4.79 Å². The summed E-state index contributed by atoms with van der Waals surface area (Å²) in [5.74, 6) is -0.178. The molecule has 0 saturated carbocycles. The molecule has 4 nitrogen and oxygen atoms in total. The molecular formula is C18H17BrClN3O. The van der Waals surface area contributed by atoms with Crippen LogP contribution in [0.4, 0.5) is 5.69 Å². The first-order chi connectivity index (χ1) is 11.4. The number of rotatable bonds is 3. The number of aromatic nitrogens is 2. The second kappa shape index (κ2) is 6.57. The summed E-state index contributed by atoms with van der Waals surface area (Å²) >= 11 is 9.51. The highest BCUT2D eigenvalue weighted by atomic mass is 79.9. The van der Waals surface area contributed by atoms with Gasteiger partial charge >= 0.3 is 0 Å². The first-order valence-corrected chi connectivity index (χ1v) is 8.82. The fourth-order valence-corrected chi connectivity index (χ4v) is 3.58. The molecule has 2 aromatic heterocycles. The van der Waals surface area contributed by atoms with Crippen molar-refractivity contribution in [2.24, 2.45) is 0 Å². The van der Waals surface area contributed by atoms with E-state index in [1.54, 1.807) is 6.07 Å². The van der Waals surface area contributed by atoms with Crippen molar-refractivity contribution in [3.63, 3.8) is 0 Å². The number of carbonyl (C=O) groups excluding carboxylic acids is 1. The van der Waals surface area contributed by atoms with Crippen LogP contribution in [-0.4, -0.2) is 15.3 Å². The Morgan fingerprint density at radius 1 is 1.33 bits per heavy atom. The Morgan fingerprint density at radius 2 is 2.08 bits per heavy atom. The number of fused-ring (bicyclic) bond motifs is 1. The third kappa shape index (κ3) is 3.06. The van der Waals surface area contributed by atoms with E-state index in [4.69, 9.17) is 11.6 Å². The minimum Gasteiger partial charge on any atom is -0.320 e. The number of aryl methyl sites for hydroxylation is 3. The summed E-state index contributed by atoms with van der Waals surface area (Å²) in [6.45, 7) is 5.89. The van der Waals surface area contributed by atoms with Gasteiger partial charge in [-0.05, 0) is 71.6 Å². The predicted molar refractivity (Wildman–Crippen MR) is 101 cm³/mol. The summed E-state index contributed by atoms with van der Waals surface area (Å²) in [6, 6.07) is 7.39. The van der Waals surface area contributed by atoms with Crippen LogP contribution in [0.15, 0.2) is 34.9 Å². The van der Waals surface area contributed by atoms with E-state index in [0.29, 0.717) is 17.1 Å². The lowest BCUT2D eigenvalue weighted by Gasteiger charge is -2.10. The van der Waals surface area contributed by atoms with Gasteiger partial charge in [0.15, 0.2) is 5.65 Å². The summed E-state index contributed by atoms with van der Waals surface area (Å²) in [6.07, 6.45) is 2.60. The minimum absolute atomic E-state index is 0.178. The predicted octanol–water partition coefficient (Wildman–Crippen LogP) is 5.18. The van der Waals surface area contributed by atoms with Crippen molar-refractivity contribution in [2.45, 2.75) is 27.2 Å². The van der Waals surface area contributed by atoms with Crippen LogP contribution in [0.5, 0.6) is 0 Å². The van der Waals surface area contributed by atoms with Gasteiger partial charge in [-0.25, -0.2) is 4.98 Å². The maximum Gasteiger partial charge on any atom is 0.274 e. The van der Waals surface area contributed by atoms with Crippen LogP contribution < -0.4 is 5.32 Å². The highest BCUT2D eigenvalue weighted by Gasteiger charge is 2.20. The molecule has 0 aliphatic rings. The van der Waals surface area contributed by atoms with Crippen molar-refractivity contribution in [2.75, 3.05) is 5.32 Å². The molecule has 2 heterocycles. The van der Waals surface area contributed by atoms with Gasteiger partial charge in [0.1, 0.15) is 5.69 Å². The summed E-state index contributed by atoms with van der Waals surface area (Å²) in [5, 5.41) is 3.62. The average molecular weight is 407 g/mol. The molecule has 24 heavy (non-hydrogen) atoms. The monoisotopic (exact) mass is 405 g/mol. The molecule has 6 heteroatoms. The molecule has 124 valence electrons. The number of halogens is 2. The molecule has 0 bridgehead atoms. The number of hydrogen-bond donors (Lipinski definition) is 1. The third-order valence-electron chi connectivity index (χ3n) is 3.87. The minimum atomic E-state index is -0.178. The summed E-state index contributed by atoms with van der Waals surface area (Å²) in [4.78, 5) is 17.5. The Morgan fingerprint density at radius 3 is 2.75 bits per heavy atom. The zero-order valence-corrected chi connectivity index (χ0v) is 16.0. The maximum absolute atomic E-state index is 12.9. The SMILES string of the molecule is CCc1nc2c(Br)cc(C)cn2c1C(=O)Nc1ccc(Cl)cc1C. The van der Waals surface area contributed by atoms with Crippen LogP contribution in [0.1, 0.15) is 34.2 Å². The summed E-state index contributed by atoms with van der Waals surface area (Å²) < 4.78 is 2.72. The first-order valence-electron chi connectivity index (χ1n) is 7.65. The normalized spacial score (nSPS) is 11.0. The molecule has 0 spiro atoms. The van der Waals surface area contributed by atoms with E-state index in [9.17, 15) is 4.79 Å². The molecule has 3 rings (SSSR count). The highest BCUT2D eigenvalue weighted by Crippen LogP contribution is 2.25. The number of nitrogens with one attached hydrogen (secondary N) is 1. The van der Waals surface area contributed by atoms with E-state index < -0.39 is 0 Å². The third-order valence-corrected chi connectivity index (χ3v) is 4.69. The number of anilines is 1. The average Bonchev–Trinajstić information content (AvgIpc) is 2.88. The van der Waals surface area contributed by atoms with Gasteiger partial charge in [0.25, 0.3) is 5.91 Å². The van der Waals surface area contributed by atoms with Crippen LogP contribution in [0.2, 0.25) is 5.02 Å². The van der Waals surface area contributed by atoms with Crippen molar-refractivity contribution in [1.82, 2.24) is 9.38 Å². The molecule has 0 aliphatic heterocycles. The van der Waals surface area contributed by atoms with Gasteiger partial charge in [0, 0.05) is 16.9 Å². The lowest BCUT2D eigenvalue weighted by Crippen LogP contribution is -2.17. The topological polar surface area (TPSA) is 46.4 Å². The molecule has 0 unspecified atom stereocenters. The Balaban J connectivity index is 2.09. The number of carbonyl (C=O) groups is 1. The van der Waals surface area contributed by atoms with Gasteiger partial charge in [-0.2, -0.15) is 0 Å². The van der Waals surface area contributed by atoms with Crippen LogP contribution in [0.25, 0.3) is 5.65 Å². The Labute approximate surface area is 154 Å². The summed E-state index contributed by atoms with van der Waals surface area (Å²) in [7, 11) is 0. The number of nitrogens with zero attached hydrogens (tertiary/aromatic N) is 2. The van der Waals surface area contributed by atoms with Gasteiger partial charge in [0.05, 0.1) is 10.2 Å². The van der Waals surface area contributed by atoms with E-state index in [1.165, 1.54) is 0 Å². The zero-order chi connectivity index (χ0) is 17.4. The van der Waals surface area contributed by atoms with Crippen LogP contribution in [0, 0.1) is 13.8 Å². The highest BCUT2D eigenvalue weighted by molar-refractivity contribution is 9.10. The molecular weight excluding hydrogens is 390 g/mol.